The van der Waals surface area contributed by atoms with E-state index >= 15 is 0 Å². The lowest BCUT2D eigenvalue weighted by Gasteiger charge is -2.03. The van der Waals surface area contributed by atoms with E-state index in [1.807, 2.05) is 47.8 Å². The van der Waals surface area contributed by atoms with Gasteiger partial charge in [0.1, 0.15) is 0 Å². The van der Waals surface area contributed by atoms with Crippen LogP contribution in [0.15, 0.2) is 56.8 Å². The zero-order chi connectivity index (χ0) is 13.4. The summed E-state index contributed by atoms with van der Waals surface area (Å²) in [7, 11) is 0. The highest BCUT2D eigenvalue weighted by atomic mass is 79.9. The molecule has 0 amide bonds. The van der Waals surface area contributed by atoms with Crippen molar-refractivity contribution in [2.45, 2.75) is 0 Å². The lowest BCUT2D eigenvalue weighted by Crippen LogP contribution is -2.01. The van der Waals surface area contributed by atoms with Crippen LogP contribution in [0, 0.1) is 0 Å². The van der Waals surface area contributed by atoms with E-state index in [-0.39, 0.29) is 5.78 Å². The zero-order valence-corrected chi connectivity index (χ0v) is 13.7. The Kier molecular flexibility index (Phi) is 3.56. The quantitative estimate of drug-likeness (QED) is 0.512. The molecule has 0 saturated carbocycles. The van der Waals surface area contributed by atoms with E-state index < -0.39 is 0 Å². The van der Waals surface area contributed by atoms with Gasteiger partial charge < -0.3 is 0 Å². The molecule has 0 saturated heterocycles. The predicted octanol–water partition coefficient (Wildman–Crippen LogP) is 5.66. The fraction of sp³-hybridized carbons (Fsp3) is 0. The Labute approximate surface area is 131 Å². The summed E-state index contributed by atoms with van der Waals surface area (Å²) in [6.45, 7) is 0. The standard InChI is InChI=1S/C15H8Br2OS/c16-9-5-6-11(13(17)7-9)15(18)12-8-19-14-4-2-1-3-10(12)14/h1-8H. The van der Waals surface area contributed by atoms with Gasteiger partial charge >= 0.3 is 0 Å². The average Bonchev–Trinajstić information content (AvgIpc) is 2.82. The van der Waals surface area contributed by atoms with E-state index in [1.54, 1.807) is 11.3 Å². The third-order valence-corrected chi connectivity index (χ3v) is 5.01. The van der Waals surface area contributed by atoms with Crippen LogP contribution in [-0.2, 0) is 0 Å². The molecule has 0 bridgehead atoms. The van der Waals surface area contributed by atoms with E-state index in [2.05, 4.69) is 31.9 Å². The Morgan fingerprint density at radius 2 is 1.79 bits per heavy atom. The van der Waals surface area contributed by atoms with Crippen molar-refractivity contribution >= 4 is 59.1 Å². The number of fused-ring (bicyclic) bond motifs is 1. The first-order chi connectivity index (χ1) is 9.16. The van der Waals surface area contributed by atoms with Crippen LogP contribution in [0.2, 0.25) is 0 Å². The first kappa shape index (κ1) is 13.0. The summed E-state index contributed by atoms with van der Waals surface area (Å²) in [5.41, 5.74) is 1.45. The second kappa shape index (κ2) is 5.19. The monoisotopic (exact) mass is 394 g/mol. The molecule has 0 fully saturated rings. The maximum Gasteiger partial charge on any atom is 0.195 e. The Hall–Kier alpha value is -0.970. The highest BCUT2D eigenvalue weighted by Crippen LogP contribution is 2.30. The molecule has 4 heteroatoms. The number of hydrogen-bond donors (Lipinski definition) is 0. The molecule has 19 heavy (non-hydrogen) atoms. The largest absolute Gasteiger partial charge is 0.289 e. The van der Waals surface area contributed by atoms with E-state index in [1.165, 1.54) is 0 Å². The van der Waals surface area contributed by atoms with Gasteiger partial charge in [-0.1, -0.05) is 34.1 Å². The van der Waals surface area contributed by atoms with Gasteiger partial charge in [-0.25, -0.2) is 0 Å². The van der Waals surface area contributed by atoms with Crippen LogP contribution in [0.1, 0.15) is 15.9 Å². The van der Waals surface area contributed by atoms with Crippen molar-refractivity contribution in [3.05, 3.63) is 67.9 Å². The number of hydrogen-bond acceptors (Lipinski definition) is 2. The molecule has 0 N–H and O–H groups in total. The van der Waals surface area contributed by atoms with Gasteiger partial charge in [0.05, 0.1) is 0 Å². The molecule has 2 aromatic carbocycles. The number of rotatable bonds is 2. The first-order valence-corrected chi connectivity index (χ1v) is 8.09. The van der Waals surface area contributed by atoms with Crippen LogP contribution in [-0.4, -0.2) is 5.78 Å². The molecule has 1 nitrogen and oxygen atoms in total. The minimum Gasteiger partial charge on any atom is -0.289 e. The van der Waals surface area contributed by atoms with Gasteiger partial charge in [-0.3, -0.25) is 4.79 Å². The Morgan fingerprint density at radius 3 is 2.58 bits per heavy atom. The van der Waals surface area contributed by atoms with Crippen molar-refractivity contribution in [3.63, 3.8) is 0 Å². The summed E-state index contributed by atoms with van der Waals surface area (Å²) < 4.78 is 2.90. The SMILES string of the molecule is O=C(c1ccc(Br)cc1Br)c1csc2ccccc12. The van der Waals surface area contributed by atoms with E-state index in [9.17, 15) is 4.79 Å². The highest BCUT2D eigenvalue weighted by molar-refractivity contribution is 9.11. The molecule has 0 atom stereocenters. The maximum atomic E-state index is 12.6. The normalized spacial score (nSPS) is 10.8. The predicted molar refractivity (Wildman–Crippen MR) is 87.1 cm³/mol. The zero-order valence-electron chi connectivity index (χ0n) is 9.69. The molecule has 0 spiro atoms. The van der Waals surface area contributed by atoms with Gasteiger partial charge in [0.15, 0.2) is 5.78 Å². The van der Waals surface area contributed by atoms with Crippen LogP contribution >= 0.6 is 43.2 Å². The molecular weight excluding hydrogens is 388 g/mol. The molecule has 3 aromatic rings. The van der Waals surface area contributed by atoms with Gasteiger partial charge in [-0.2, -0.15) is 0 Å². The molecule has 0 aliphatic rings. The maximum absolute atomic E-state index is 12.6. The number of carbonyl (C=O) groups excluding carboxylic acids is 1. The highest BCUT2D eigenvalue weighted by Gasteiger charge is 2.16. The second-order valence-electron chi connectivity index (χ2n) is 4.10. The molecule has 1 heterocycles. The summed E-state index contributed by atoms with van der Waals surface area (Å²) in [6, 6.07) is 13.6. The van der Waals surface area contributed by atoms with Crippen LogP contribution < -0.4 is 0 Å². The van der Waals surface area contributed by atoms with Crippen LogP contribution in [0.4, 0.5) is 0 Å². The van der Waals surface area contributed by atoms with Crippen LogP contribution in [0.5, 0.6) is 0 Å². The van der Waals surface area contributed by atoms with Crippen LogP contribution in [0.3, 0.4) is 0 Å². The van der Waals surface area contributed by atoms with Gasteiger partial charge in [0.25, 0.3) is 0 Å². The smallest absolute Gasteiger partial charge is 0.195 e. The minimum atomic E-state index is 0.0526. The summed E-state index contributed by atoms with van der Waals surface area (Å²) in [5.74, 6) is 0.0526. The molecule has 94 valence electrons. The summed E-state index contributed by atoms with van der Waals surface area (Å²) >= 11 is 8.45. The van der Waals surface area contributed by atoms with Crippen molar-refractivity contribution in [1.29, 1.82) is 0 Å². The van der Waals surface area contributed by atoms with Crippen molar-refractivity contribution in [2.24, 2.45) is 0 Å². The van der Waals surface area contributed by atoms with Gasteiger partial charge in [0.2, 0.25) is 0 Å². The Bertz CT molecular complexity index is 777. The molecule has 0 aliphatic carbocycles. The number of halogens is 2. The van der Waals surface area contributed by atoms with Gasteiger partial charge in [-0.05, 0) is 40.2 Å². The summed E-state index contributed by atoms with van der Waals surface area (Å²) in [6.07, 6.45) is 0. The molecule has 1 aromatic heterocycles. The Morgan fingerprint density at radius 1 is 1.00 bits per heavy atom. The molecule has 3 rings (SSSR count). The Balaban J connectivity index is 2.13. The molecule has 0 aliphatic heterocycles. The van der Waals surface area contributed by atoms with E-state index in [0.717, 1.165) is 24.6 Å². The van der Waals surface area contributed by atoms with Crippen molar-refractivity contribution in [2.75, 3.05) is 0 Å². The van der Waals surface area contributed by atoms with Gasteiger partial charge in [-0.15, -0.1) is 11.3 Å². The minimum absolute atomic E-state index is 0.0526. The number of carbonyl (C=O) groups is 1. The first-order valence-electron chi connectivity index (χ1n) is 5.63. The second-order valence-corrected chi connectivity index (χ2v) is 6.78. The fourth-order valence-corrected chi connectivity index (χ4v) is 4.14. The van der Waals surface area contributed by atoms with Crippen LogP contribution in [0.25, 0.3) is 10.1 Å². The summed E-state index contributed by atoms with van der Waals surface area (Å²) in [5, 5.41) is 2.95. The fourth-order valence-electron chi connectivity index (χ4n) is 1.97. The number of benzene rings is 2. The van der Waals surface area contributed by atoms with Crippen molar-refractivity contribution < 1.29 is 4.79 Å². The number of ketones is 1. The van der Waals surface area contributed by atoms with E-state index in [0.29, 0.717) is 5.56 Å². The third-order valence-electron chi connectivity index (χ3n) is 2.90. The molecular formula is C15H8Br2OS. The number of thiophene rings is 1. The summed E-state index contributed by atoms with van der Waals surface area (Å²) in [4.78, 5) is 12.6. The van der Waals surface area contributed by atoms with Crippen molar-refractivity contribution in [3.8, 4) is 0 Å². The topological polar surface area (TPSA) is 17.1 Å². The van der Waals surface area contributed by atoms with Crippen molar-refractivity contribution in [1.82, 2.24) is 0 Å². The van der Waals surface area contributed by atoms with E-state index in [4.69, 9.17) is 0 Å². The molecule has 0 radical (unpaired) electrons. The third kappa shape index (κ3) is 2.40. The average molecular weight is 396 g/mol. The molecule has 0 unspecified atom stereocenters. The lowest BCUT2D eigenvalue weighted by molar-refractivity contribution is 0.104. The lowest BCUT2D eigenvalue weighted by atomic mass is 10.0. The van der Waals surface area contributed by atoms with Gasteiger partial charge in [0, 0.05) is 35.5 Å².